The van der Waals surface area contributed by atoms with E-state index in [-0.39, 0.29) is 13.1 Å². The number of carbonyl (C=O) groups excluding carboxylic acids is 1. The van der Waals surface area contributed by atoms with Crippen molar-refractivity contribution in [1.29, 1.82) is 0 Å². The lowest BCUT2D eigenvalue weighted by molar-refractivity contribution is -0.0973. The fourth-order valence-electron chi connectivity index (χ4n) is 2.27. The third kappa shape index (κ3) is 4.02. The maximum atomic E-state index is 11.8. The van der Waals surface area contributed by atoms with Gasteiger partial charge in [-0.2, -0.15) is 0 Å². The number of nitrogens with zero attached hydrogens (tertiary/aromatic N) is 1. The SMILES string of the molecule is CC(C)(C)OC(=O)N1CC(O)(Cc2cccc(Cl)c2Cl)C1. The fourth-order valence-corrected chi connectivity index (χ4v) is 2.66. The lowest BCUT2D eigenvalue weighted by atomic mass is 9.87. The Bertz CT molecular complexity index is 548. The molecule has 1 saturated heterocycles. The lowest BCUT2D eigenvalue weighted by Gasteiger charge is -2.46. The molecule has 0 atom stereocenters. The van der Waals surface area contributed by atoms with Gasteiger partial charge in [0.15, 0.2) is 0 Å². The summed E-state index contributed by atoms with van der Waals surface area (Å²) in [6.07, 6.45) is -0.0598. The van der Waals surface area contributed by atoms with E-state index in [1.807, 2.05) is 26.8 Å². The second kappa shape index (κ2) is 5.67. The van der Waals surface area contributed by atoms with Gasteiger partial charge in [0.05, 0.1) is 23.1 Å². The Morgan fingerprint density at radius 3 is 2.57 bits per heavy atom. The van der Waals surface area contributed by atoms with E-state index in [0.717, 1.165) is 5.56 Å². The molecule has 2 rings (SSSR count). The Morgan fingerprint density at radius 1 is 1.38 bits per heavy atom. The number of β-amino-alcohol motifs (C(OH)–C–C–N with tert-alkyl or cyclic N) is 1. The molecule has 1 aromatic rings. The molecule has 0 aliphatic carbocycles. The van der Waals surface area contributed by atoms with Gasteiger partial charge in [0.2, 0.25) is 0 Å². The number of amides is 1. The fraction of sp³-hybridized carbons (Fsp3) is 0.533. The van der Waals surface area contributed by atoms with Crippen molar-refractivity contribution in [3.05, 3.63) is 33.8 Å². The van der Waals surface area contributed by atoms with E-state index in [1.54, 1.807) is 12.1 Å². The summed E-state index contributed by atoms with van der Waals surface area (Å²) >= 11 is 12.1. The zero-order valence-electron chi connectivity index (χ0n) is 12.3. The van der Waals surface area contributed by atoms with Crippen LogP contribution in [0.15, 0.2) is 18.2 Å². The average molecular weight is 332 g/mol. The number of hydrogen-bond donors (Lipinski definition) is 1. The topological polar surface area (TPSA) is 49.8 Å². The molecule has 116 valence electrons. The third-order valence-electron chi connectivity index (χ3n) is 3.17. The number of carbonyl (C=O) groups is 1. The summed E-state index contributed by atoms with van der Waals surface area (Å²) in [5.74, 6) is 0. The summed E-state index contributed by atoms with van der Waals surface area (Å²) < 4.78 is 5.26. The first kappa shape index (κ1) is 16.4. The van der Waals surface area contributed by atoms with Gasteiger partial charge in [-0.1, -0.05) is 35.3 Å². The van der Waals surface area contributed by atoms with Gasteiger partial charge in [-0.15, -0.1) is 0 Å². The van der Waals surface area contributed by atoms with Crippen LogP contribution in [0, 0.1) is 0 Å². The van der Waals surface area contributed by atoms with Crippen LogP contribution in [0.1, 0.15) is 26.3 Å². The van der Waals surface area contributed by atoms with E-state index in [0.29, 0.717) is 16.5 Å². The summed E-state index contributed by atoms with van der Waals surface area (Å²) in [5, 5.41) is 11.4. The molecule has 0 saturated carbocycles. The predicted molar refractivity (Wildman–Crippen MR) is 82.9 cm³/mol. The van der Waals surface area contributed by atoms with Gasteiger partial charge in [0.25, 0.3) is 0 Å². The van der Waals surface area contributed by atoms with Crippen molar-refractivity contribution in [2.45, 2.75) is 38.4 Å². The third-order valence-corrected chi connectivity index (χ3v) is 4.03. The van der Waals surface area contributed by atoms with Crippen LogP contribution in [-0.4, -0.2) is 40.4 Å². The van der Waals surface area contributed by atoms with E-state index in [1.165, 1.54) is 4.90 Å². The number of aliphatic hydroxyl groups is 1. The van der Waals surface area contributed by atoms with E-state index in [4.69, 9.17) is 27.9 Å². The summed E-state index contributed by atoms with van der Waals surface area (Å²) in [6.45, 7) is 5.88. The molecular weight excluding hydrogens is 313 g/mol. The molecule has 0 bridgehead atoms. The molecule has 21 heavy (non-hydrogen) atoms. The molecule has 0 spiro atoms. The highest BCUT2D eigenvalue weighted by molar-refractivity contribution is 6.42. The van der Waals surface area contributed by atoms with Gasteiger partial charge in [0.1, 0.15) is 11.2 Å². The van der Waals surface area contributed by atoms with Crippen LogP contribution in [0.4, 0.5) is 4.79 Å². The first-order chi connectivity index (χ1) is 9.60. The summed E-state index contributed by atoms with van der Waals surface area (Å²) in [6, 6.07) is 5.31. The smallest absolute Gasteiger partial charge is 0.410 e. The van der Waals surface area contributed by atoms with Gasteiger partial charge < -0.3 is 14.7 Å². The van der Waals surface area contributed by atoms with Gasteiger partial charge >= 0.3 is 6.09 Å². The second-order valence-electron chi connectivity index (χ2n) is 6.45. The Balaban J connectivity index is 1.96. The summed E-state index contributed by atoms with van der Waals surface area (Å²) in [7, 11) is 0. The molecule has 1 heterocycles. The average Bonchev–Trinajstić information content (AvgIpc) is 2.29. The monoisotopic (exact) mass is 331 g/mol. The number of likely N-dealkylation sites (tertiary alicyclic amines) is 1. The predicted octanol–water partition coefficient (Wildman–Crippen LogP) is 3.52. The highest BCUT2D eigenvalue weighted by atomic mass is 35.5. The molecule has 1 fully saturated rings. The Labute approximate surface area is 134 Å². The van der Waals surface area contributed by atoms with Crippen molar-refractivity contribution >= 4 is 29.3 Å². The van der Waals surface area contributed by atoms with Crippen molar-refractivity contribution < 1.29 is 14.6 Å². The van der Waals surface area contributed by atoms with Gasteiger partial charge in [-0.3, -0.25) is 0 Å². The van der Waals surface area contributed by atoms with Crippen molar-refractivity contribution in [2.24, 2.45) is 0 Å². The van der Waals surface area contributed by atoms with Crippen molar-refractivity contribution in [2.75, 3.05) is 13.1 Å². The number of benzene rings is 1. The molecular formula is C15H19Cl2NO3. The van der Waals surface area contributed by atoms with Crippen LogP contribution in [0.3, 0.4) is 0 Å². The minimum atomic E-state index is -0.981. The van der Waals surface area contributed by atoms with E-state index in [9.17, 15) is 9.90 Å². The minimum absolute atomic E-state index is 0.227. The van der Waals surface area contributed by atoms with Gasteiger partial charge in [0, 0.05) is 6.42 Å². The molecule has 1 aliphatic rings. The number of halogens is 2. The van der Waals surface area contributed by atoms with E-state index < -0.39 is 17.3 Å². The molecule has 6 heteroatoms. The lowest BCUT2D eigenvalue weighted by Crippen LogP contribution is -2.65. The quantitative estimate of drug-likeness (QED) is 0.901. The van der Waals surface area contributed by atoms with Crippen LogP contribution in [0.25, 0.3) is 0 Å². The molecule has 1 N–H and O–H groups in total. The Hall–Kier alpha value is -0.970. The summed E-state index contributed by atoms with van der Waals surface area (Å²) in [4.78, 5) is 13.3. The van der Waals surface area contributed by atoms with Crippen LogP contribution >= 0.6 is 23.2 Å². The number of rotatable bonds is 2. The Morgan fingerprint density at radius 2 is 2.00 bits per heavy atom. The molecule has 0 radical (unpaired) electrons. The molecule has 1 aliphatic heterocycles. The minimum Gasteiger partial charge on any atom is -0.444 e. The van der Waals surface area contributed by atoms with Gasteiger partial charge in [-0.05, 0) is 32.4 Å². The normalized spacial score (nSPS) is 17.3. The van der Waals surface area contributed by atoms with E-state index in [2.05, 4.69) is 0 Å². The van der Waals surface area contributed by atoms with Crippen LogP contribution in [-0.2, 0) is 11.2 Å². The molecule has 1 amide bonds. The van der Waals surface area contributed by atoms with Crippen molar-refractivity contribution in [1.82, 2.24) is 4.90 Å². The van der Waals surface area contributed by atoms with E-state index >= 15 is 0 Å². The number of hydrogen-bond acceptors (Lipinski definition) is 3. The molecule has 1 aromatic carbocycles. The molecule has 0 aromatic heterocycles. The zero-order chi connectivity index (χ0) is 15.8. The van der Waals surface area contributed by atoms with Crippen LogP contribution in [0.2, 0.25) is 10.0 Å². The highest BCUT2D eigenvalue weighted by Crippen LogP contribution is 2.32. The van der Waals surface area contributed by atoms with Crippen molar-refractivity contribution in [3.63, 3.8) is 0 Å². The van der Waals surface area contributed by atoms with Gasteiger partial charge in [-0.25, -0.2) is 4.79 Å². The number of ether oxygens (including phenoxy) is 1. The van der Waals surface area contributed by atoms with Crippen molar-refractivity contribution in [3.8, 4) is 0 Å². The second-order valence-corrected chi connectivity index (χ2v) is 7.24. The zero-order valence-corrected chi connectivity index (χ0v) is 13.8. The maximum Gasteiger partial charge on any atom is 0.410 e. The summed E-state index contributed by atoms with van der Waals surface area (Å²) in [5.41, 5.74) is -0.748. The first-order valence-electron chi connectivity index (χ1n) is 6.73. The highest BCUT2D eigenvalue weighted by Gasteiger charge is 2.45. The first-order valence-corrected chi connectivity index (χ1v) is 7.48. The maximum absolute atomic E-state index is 11.8. The Kier molecular flexibility index (Phi) is 4.43. The largest absolute Gasteiger partial charge is 0.444 e. The standard InChI is InChI=1S/C15H19Cl2NO3/c1-14(2,3)21-13(19)18-8-15(20,9-18)7-10-5-4-6-11(16)12(10)17/h4-6,20H,7-9H2,1-3H3. The molecule has 4 nitrogen and oxygen atoms in total. The molecule has 0 unspecified atom stereocenters. The van der Waals surface area contributed by atoms with Crippen LogP contribution < -0.4 is 0 Å². The van der Waals surface area contributed by atoms with Crippen LogP contribution in [0.5, 0.6) is 0 Å².